The lowest BCUT2D eigenvalue weighted by Gasteiger charge is -2.46. The highest BCUT2D eigenvalue weighted by atomic mass is 35.5. The topological polar surface area (TPSA) is 113 Å². The number of rotatable bonds is 8. The summed E-state index contributed by atoms with van der Waals surface area (Å²) >= 11 is 12.3. The third-order valence-corrected chi connectivity index (χ3v) is 7.52. The highest BCUT2D eigenvalue weighted by Gasteiger charge is 2.46. The molecular formula is C26H32Cl2N4O3. The van der Waals surface area contributed by atoms with Crippen molar-refractivity contribution in [3.8, 4) is 0 Å². The lowest BCUT2D eigenvalue weighted by atomic mass is 9.64. The number of urea groups is 1. The lowest BCUT2D eigenvalue weighted by molar-refractivity contribution is -0.129. The van der Waals surface area contributed by atoms with Gasteiger partial charge in [-0.15, -0.1) is 0 Å². The van der Waals surface area contributed by atoms with E-state index in [2.05, 4.69) is 16.2 Å². The van der Waals surface area contributed by atoms with Crippen molar-refractivity contribution in [2.24, 2.45) is 17.1 Å². The minimum absolute atomic E-state index is 0.00242. The fourth-order valence-corrected chi connectivity index (χ4v) is 5.28. The molecular weight excluding hydrogens is 487 g/mol. The molecule has 2 aromatic rings. The molecule has 9 heteroatoms. The molecule has 2 aromatic carbocycles. The molecule has 1 saturated heterocycles. The van der Waals surface area contributed by atoms with Crippen LogP contribution in [-0.2, 0) is 16.0 Å². The molecule has 0 radical (unpaired) electrons. The molecule has 188 valence electrons. The fraction of sp³-hybridized carbons (Fsp3) is 0.423. The van der Waals surface area contributed by atoms with Gasteiger partial charge >= 0.3 is 6.03 Å². The van der Waals surface area contributed by atoms with Crippen molar-refractivity contribution in [3.63, 3.8) is 0 Å². The van der Waals surface area contributed by atoms with E-state index in [0.29, 0.717) is 29.4 Å². The number of benzene rings is 2. The average Bonchev–Trinajstić information content (AvgIpc) is 2.82. The number of Topliss-reactive ketones (excluding diaryl/α,β-unsaturated/α-hetero) is 1. The first-order valence-corrected chi connectivity index (χ1v) is 12.4. The molecule has 1 aliphatic rings. The maximum absolute atomic E-state index is 13.1. The third kappa shape index (κ3) is 7.19. The smallest absolute Gasteiger partial charge is 0.330 e. The van der Waals surface area contributed by atoms with Gasteiger partial charge in [-0.3, -0.25) is 15.0 Å². The van der Waals surface area contributed by atoms with Gasteiger partial charge in [0.25, 0.3) is 0 Å². The minimum atomic E-state index is -0.824. The van der Waals surface area contributed by atoms with Crippen LogP contribution in [0.15, 0.2) is 48.5 Å². The Morgan fingerprint density at radius 1 is 1.09 bits per heavy atom. The summed E-state index contributed by atoms with van der Waals surface area (Å²) in [6.07, 6.45) is 2.29. The predicted molar refractivity (Wildman–Crippen MR) is 138 cm³/mol. The zero-order valence-electron chi connectivity index (χ0n) is 19.9. The molecule has 1 heterocycles. The van der Waals surface area contributed by atoms with Crippen LogP contribution < -0.4 is 21.9 Å². The number of piperidine rings is 1. The summed E-state index contributed by atoms with van der Waals surface area (Å²) in [7, 11) is 0. The highest BCUT2D eigenvalue weighted by molar-refractivity contribution is 6.30. The van der Waals surface area contributed by atoms with Gasteiger partial charge < -0.3 is 11.1 Å². The van der Waals surface area contributed by atoms with E-state index in [4.69, 9.17) is 28.9 Å². The molecule has 35 heavy (non-hydrogen) atoms. The molecule has 4 atom stereocenters. The molecule has 1 fully saturated rings. The zero-order valence-corrected chi connectivity index (χ0v) is 21.5. The van der Waals surface area contributed by atoms with Crippen molar-refractivity contribution < 1.29 is 14.4 Å². The van der Waals surface area contributed by atoms with Crippen LogP contribution in [0.3, 0.4) is 0 Å². The number of hydrogen-bond acceptors (Lipinski definition) is 4. The van der Waals surface area contributed by atoms with Crippen LogP contribution in [0.5, 0.6) is 0 Å². The Morgan fingerprint density at radius 3 is 2.43 bits per heavy atom. The Labute approximate surface area is 216 Å². The molecule has 3 rings (SSSR count). The zero-order chi connectivity index (χ0) is 25.6. The predicted octanol–water partition coefficient (Wildman–Crippen LogP) is 4.37. The van der Waals surface area contributed by atoms with Crippen LogP contribution in [0.2, 0.25) is 10.0 Å². The van der Waals surface area contributed by atoms with Gasteiger partial charge in [0, 0.05) is 33.8 Å². The van der Waals surface area contributed by atoms with Crippen molar-refractivity contribution in [2.45, 2.75) is 51.5 Å². The number of carbonyl (C=O) groups excluding carboxylic acids is 3. The van der Waals surface area contributed by atoms with Gasteiger partial charge in [0.2, 0.25) is 5.91 Å². The number of aryl methyl sites for hydroxylation is 1. The number of hydrazine groups is 1. The van der Waals surface area contributed by atoms with Crippen molar-refractivity contribution in [1.29, 1.82) is 0 Å². The second kappa shape index (κ2) is 11.9. The molecule has 5 N–H and O–H groups in total. The number of hydrogen-bond donors (Lipinski definition) is 4. The van der Waals surface area contributed by atoms with E-state index in [-0.39, 0.29) is 36.0 Å². The standard InChI is InChI=1S/C26H32Cl2N4O3/c1-16(33)26(2,11-10-17-6-8-20(27)9-7-17)24-22(19-4-3-5-21(28)14-19)12-18(15-30-24)13-23(34)31-32-25(29)35/h3-9,14,18,22,24,30H,10-13,15H2,1-2H3,(H,31,34)(H3,29,32,35)/t18-,22-,24+,26?/m1/s1. The monoisotopic (exact) mass is 518 g/mol. The first kappa shape index (κ1) is 27.0. The van der Waals surface area contributed by atoms with E-state index in [9.17, 15) is 14.4 Å². The Kier molecular flexibility index (Phi) is 9.16. The summed E-state index contributed by atoms with van der Waals surface area (Å²) in [5, 5.41) is 4.90. The second-order valence-corrected chi connectivity index (χ2v) is 10.4. The lowest BCUT2D eigenvalue weighted by Crippen LogP contribution is -2.56. The fourth-order valence-electron chi connectivity index (χ4n) is 4.96. The van der Waals surface area contributed by atoms with E-state index in [0.717, 1.165) is 17.5 Å². The Balaban J connectivity index is 1.84. The van der Waals surface area contributed by atoms with Crippen molar-refractivity contribution in [3.05, 3.63) is 69.7 Å². The Hall–Kier alpha value is -2.61. The number of ketones is 1. The van der Waals surface area contributed by atoms with Crippen LogP contribution in [0.4, 0.5) is 4.79 Å². The minimum Gasteiger partial charge on any atom is -0.350 e. The van der Waals surface area contributed by atoms with Crippen LogP contribution in [0, 0.1) is 11.3 Å². The van der Waals surface area contributed by atoms with Gasteiger partial charge in [-0.2, -0.15) is 0 Å². The van der Waals surface area contributed by atoms with Gasteiger partial charge in [0.15, 0.2) is 0 Å². The van der Waals surface area contributed by atoms with Gasteiger partial charge in [-0.1, -0.05) is 54.4 Å². The van der Waals surface area contributed by atoms with Crippen molar-refractivity contribution in [1.82, 2.24) is 16.2 Å². The van der Waals surface area contributed by atoms with Crippen molar-refractivity contribution in [2.75, 3.05) is 6.54 Å². The molecule has 7 nitrogen and oxygen atoms in total. The van der Waals surface area contributed by atoms with E-state index in [1.165, 1.54) is 0 Å². The Morgan fingerprint density at radius 2 is 1.80 bits per heavy atom. The molecule has 0 bridgehead atoms. The number of primary amides is 1. The first-order valence-electron chi connectivity index (χ1n) is 11.7. The van der Waals surface area contributed by atoms with E-state index in [1.54, 1.807) is 6.92 Å². The molecule has 1 unspecified atom stereocenters. The maximum Gasteiger partial charge on any atom is 0.330 e. The quantitative estimate of drug-likeness (QED) is 0.388. The molecule has 0 spiro atoms. The number of amides is 3. The molecule has 3 amide bonds. The summed E-state index contributed by atoms with van der Waals surface area (Å²) < 4.78 is 0. The highest BCUT2D eigenvalue weighted by Crippen LogP contribution is 2.43. The van der Waals surface area contributed by atoms with Crippen molar-refractivity contribution >= 4 is 40.9 Å². The second-order valence-electron chi connectivity index (χ2n) is 9.49. The molecule has 0 saturated carbocycles. The maximum atomic E-state index is 13.1. The largest absolute Gasteiger partial charge is 0.350 e. The summed E-state index contributed by atoms with van der Waals surface area (Å²) in [4.78, 5) is 36.3. The normalized spacial score (nSPS) is 21.5. The molecule has 1 aliphatic heterocycles. The third-order valence-electron chi connectivity index (χ3n) is 7.03. The van der Waals surface area contributed by atoms with E-state index < -0.39 is 11.4 Å². The van der Waals surface area contributed by atoms with Crippen LogP contribution in [-0.4, -0.2) is 30.3 Å². The van der Waals surface area contributed by atoms with Crippen LogP contribution in [0.25, 0.3) is 0 Å². The van der Waals surface area contributed by atoms with Gasteiger partial charge in [-0.05, 0) is 74.0 Å². The van der Waals surface area contributed by atoms with Gasteiger partial charge in [0.05, 0.1) is 0 Å². The average molecular weight is 519 g/mol. The number of carbonyl (C=O) groups is 3. The van der Waals surface area contributed by atoms with Gasteiger partial charge in [-0.25, -0.2) is 10.2 Å². The number of halogens is 2. The molecule has 0 aliphatic carbocycles. The van der Waals surface area contributed by atoms with E-state index >= 15 is 0 Å². The number of nitrogens with one attached hydrogen (secondary N) is 3. The van der Waals surface area contributed by atoms with Crippen LogP contribution >= 0.6 is 23.2 Å². The molecule has 0 aromatic heterocycles. The van der Waals surface area contributed by atoms with E-state index in [1.807, 2.05) is 55.5 Å². The summed E-state index contributed by atoms with van der Waals surface area (Å²) in [5.74, 6) is -0.255. The van der Waals surface area contributed by atoms with Gasteiger partial charge in [0.1, 0.15) is 5.78 Å². The van der Waals surface area contributed by atoms with Crippen LogP contribution in [0.1, 0.15) is 50.2 Å². The Bertz CT molecular complexity index is 1060. The number of nitrogens with two attached hydrogens (primary N) is 1. The summed E-state index contributed by atoms with van der Waals surface area (Å²) in [5.41, 5.74) is 11.0. The summed E-state index contributed by atoms with van der Waals surface area (Å²) in [6, 6.07) is 14.4. The first-order chi connectivity index (χ1) is 16.6. The summed E-state index contributed by atoms with van der Waals surface area (Å²) in [6.45, 7) is 4.23. The SMILES string of the molecule is CC(=O)C(C)(CCc1ccc(Cl)cc1)[C@H]1NC[C@@H](CC(=O)NNC(N)=O)C[C@@H]1c1cccc(Cl)c1.